The molecule has 1 unspecified atom stereocenters. The standard InChI is InChI=1S/C18H20FNO2/c1-2-13-3-7-15(8-4-13)17(12-21)20-18(22)11-14-5-9-16(19)10-6-14/h3-10,17,21H,2,11-12H2,1H3,(H,20,22). The summed E-state index contributed by atoms with van der Waals surface area (Å²) in [6.07, 6.45) is 1.10. The lowest BCUT2D eigenvalue weighted by molar-refractivity contribution is -0.121. The molecule has 0 bridgehead atoms. The van der Waals surface area contributed by atoms with Crippen LogP contribution in [0.4, 0.5) is 4.39 Å². The number of rotatable bonds is 6. The van der Waals surface area contributed by atoms with Gasteiger partial charge >= 0.3 is 0 Å². The van der Waals surface area contributed by atoms with Gasteiger partial charge in [0.1, 0.15) is 5.82 Å². The van der Waals surface area contributed by atoms with E-state index in [0.29, 0.717) is 0 Å². The summed E-state index contributed by atoms with van der Waals surface area (Å²) >= 11 is 0. The van der Waals surface area contributed by atoms with Crippen molar-refractivity contribution in [3.05, 3.63) is 71.0 Å². The van der Waals surface area contributed by atoms with E-state index in [1.54, 1.807) is 12.1 Å². The number of hydrogen-bond acceptors (Lipinski definition) is 2. The van der Waals surface area contributed by atoms with E-state index in [4.69, 9.17) is 0 Å². The summed E-state index contributed by atoms with van der Waals surface area (Å²) in [5.74, 6) is -0.529. The molecule has 2 aromatic rings. The minimum absolute atomic E-state index is 0.157. The molecule has 0 saturated carbocycles. The number of aliphatic hydroxyl groups excluding tert-OH is 1. The van der Waals surface area contributed by atoms with Crippen molar-refractivity contribution >= 4 is 5.91 Å². The zero-order chi connectivity index (χ0) is 15.9. The first-order valence-corrected chi connectivity index (χ1v) is 7.36. The van der Waals surface area contributed by atoms with Crippen molar-refractivity contribution in [2.24, 2.45) is 0 Å². The fourth-order valence-electron chi connectivity index (χ4n) is 2.25. The molecule has 0 spiro atoms. The van der Waals surface area contributed by atoms with E-state index in [-0.39, 0.29) is 24.8 Å². The number of amides is 1. The highest BCUT2D eigenvalue weighted by atomic mass is 19.1. The van der Waals surface area contributed by atoms with Crippen LogP contribution in [0, 0.1) is 5.82 Å². The lowest BCUT2D eigenvalue weighted by atomic mass is 10.0. The van der Waals surface area contributed by atoms with Gasteiger partial charge in [-0.25, -0.2) is 4.39 Å². The highest BCUT2D eigenvalue weighted by Crippen LogP contribution is 2.14. The molecule has 2 rings (SSSR count). The van der Waals surface area contributed by atoms with Gasteiger partial charge in [-0.1, -0.05) is 43.3 Å². The minimum atomic E-state index is -0.432. The molecule has 116 valence electrons. The van der Waals surface area contributed by atoms with Gasteiger partial charge in [-0.15, -0.1) is 0 Å². The largest absolute Gasteiger partial charge is 0.394 e. The number of nitrogens with one attached hydrogen (secondary N) is 1. The van der Waals surface area contributed by atoms with Crippen molar-refractivity contribution < 1.29 is 14.3 Å². The zero-order valence-electron chi connectivity index (χ0n) is 12.6. The number of carbonyl (C=O) groups excluding carboxylic acids is 1. The van der Waals surface area contributed by atoms with Crippen molar-refractivity contribution in [2.45, 2.75) is 25.8 Å². The number of benzene rings is 2. The molecule has 1 atom stereocenters. The Balaban J connectivity index is 1.99. The van der Waals surface area contributed by atoms with Crippen LogP contribution in [0.25, 0.3) is 0 Å². The topological polar surface area (TPSA) is 49.3 Å². The number of aryl methyl sites for hydroxylation is 1. The van der Waals surface area contributed by atoms with Gasteiger partial charge in [-0.3, -0.25) is 4.79 Å². The maximum absolute atomic E-state index is 12.8. The Morgan fingerprint density at radius 3 is 2.23 bits per heavy atom. The number of hydrogen-bond donors (Lipinski definition) is 2. The second-order valence-electron chi connectivity index (χ2n) is 5.20. The Morgan fingerprint density at radius 1 is 1.09 bits per heavy atom. The molecule has 0 aliphatic heterocycles. The minimum Gasteiger partial charge on any atom is -0.394 e. The molecule has 0 aliphatic rings. The predicted octanol–water partition coefficient (Wildman–Crippen LogP) is 2.78. The SMILES string of the molecule is CCc1ccc(C(CO)NC(=O)Cc2ccc(F)cc2)cc1. The molecule has 2 N–H and O–H groups in total. The Hall–Kier alpha value is -2.20. The molecular formula is C18H20FNO2. The zero-order valence-corrected chi connectivity index (χ0v) is 12.6. The summed E-state index contributed by atoms with van der Waals surface area (Å²) < 4.78 is 12.8. The summed E-state index contributed by atoms with van der Waals surface area (Å²) in [6.45, 7) is 1.91. The molecule has 0 aromatic heterocycles. The molecule has 0 saturated heterocycles. The van der Waals surface area contributed by atoms with Crippen LogP contribution in [-0.4, -0.2) is 17.6 Å². The van der Waals surface area contributed by atoms with Gasteiger partial charge in [0.15, 0.2) is 0 Å². The molecule has 22 heavy (non-hydrogen) atoms. The fraction of sp³-hybridized carbons (Fsp3) is 0.278. The lowest BCUT2D eigenvalue weighted by Gasteiger charge is -2.17. The second kappa shape index (κ2) is 7.71. The molecule has 0 fully saturated rings. The van der Waals surface area contributed by atoms with Crippen LogP contribution in [0.1, 0.15) is 29.7 Å². The van der Waals surface area contributed by atoms with Gasteiger partial charge in [-0.2, -0.15) is 0 Å². The van der Waals surface area contributed by atoms with E-state index in [1.807, 2.05) is 24.3 Å². The number of carbonyl (C=O) groups is 1. The van der Waals surface area contributed by atoms with Gasteiger partial charge in [0.25, 0.3) is 0 Å². The van der Waals surface area contributed by atoms with Crippen LogP contribution in [-0.2, 0) is 17.6 Å². The second-order valence-corrected chi connectivity index (χ2v) is 5.20. The van der Waals surface area contributed by atoms with Crippen LogP contribution >= 0.6 is 0 Å². The molecule has 0 aliphatic carbocycles. The first-order chi connectivity index (χ1) is 10.6. The Bertz CT molecular complexity index is 608. The lowest BCUT2D eigenvalue weighted by Crippen LogP contribution is -2.31. The molecular weight excluding hydrogens is 281 g/mol. The third kappa shape index (κ3) is 4.40. The average Bonchev–Trinajstić information content (AvgIpc) is 2.55. The molecule has 2 aromatic carbocycles. The first kappa shape index (κ1) is 16.2. The smallest absolute Gasteiger partial charge is 0.224 e. The van der Waals surface area contributed by atoms with Crippen LogP contribution < -0.4 is 5.32 Å². The van der Waals surface area contributed by atoms with Crippen molar-refractivity contribution in [3.63, 3.8) is 0 Å². The predicted molar refractivity (Wildman–Crippen MR) is 83.9 cm³/mol. The number of aliphatic hydroxyl groups is 1. The molecule has 0 radical (unpaired) electrons. The third-order valence-electron chi connectivity index (χ3n) is 3.59. The van der Waals surface area contributed by atoms with E-state index in [1.165, 1.54) is 17.7 Å². The van der Waals surface area contributed by atoms with Gasteiger partial charge < -0.3 is 10.4 Å². The van der Waals surface area contributed by atoms with Crippen molar-refractivity contribution in [1.29, 1.82) is 0 Å². The Kier molecular flexibility index (Phi) is 5.67. The maximum Gasteiger partial charge on any atom is 0.224 e. The average molecular weight is 301 g/mol. The molecule has 0 heterocycles. The summed E-state index contributed by atoms with van der Waals surface area (Å²) in [5.41, 5.74) is 2.81. The highest BCUT2D eigenvalue weighted by Gasteiger charge is 2.14. The van der Waals surface area contributed by atoms with Gasteiger partial charge in [-0.05, 0) is 35.2 Å². The Labute approximate surface area is 129 Å². The van der Waals surface area contributed by atoms with Crippen molar-refractivity contribution in [1.82, 2.24) is 5.32 Å². The molecule has 1 amide bonds. The van der Waals surface area contributed by atoms with E-state index < -0.39 is 6.04 Å². The first-order valence-electron chi connectivity index (χ1n) is 7.36. The van der Waals surface area contributed by atoms with Gasteiger partial charge in [0.2, 0.25) is 5.91 Å². The Morgan fingerprint density at radius 2 is 1.68 bits per heavy atom. The highest BCUT2D eigenvalue weighted by molar-refractivity contribution is 5.79. The van der Waals surface area contributed by atoms with Crippen LogP contribution in [0.5, 0.6) is 0 Å². The summed E-state index contributed by atoms with van der Waals surface area (Å²) in [7, 11) is 0. The van der Waals surface area contributed by atoms with Crippen LogP contribution in [0.3, 0.4) is 0 Å². The van der Waals surface area contributed by atoms with Gasteiger partial charge in [0, 0.05) is 0 Å². The molecule has 3 nitrogen and oxygen atoms in total. The fourth-order valence-corrected chi connectivity index (χ4v) is 2.25. The van der Waals surface area contributed by atoms with Crippen LogP contribution in [0.15, 0.2) is 48.5 Å². The van der Waals surface area contributed by atoms with Crippen molar-refractivity contribution in [2.75, 3.05) is 6.61 Å². The van der Waals surface area contributed by atoms with E-state index in [2.05, 4.69) is 12.2 Å². The van der Waals surface area contributed by atoms with E-state index >= 15 is 0 Å². The molecule has 4 heteroatoms. The third-order valence-corrected chi connectivity index (χ3v) is 3.59. The van der Waals surface area contributed by atoms with E-state index in [9.17, 15) is 14.3 Å². The van der Waals surface area contributed by atoms with Crippen LogP contribution in [0.2, 0.25) is 0 Å². The normalized spacial score (nSPS) is 12.0. The monoisotopic (exact) mass is 301 g/mol. The quantitative estimate of drug-likeness (QED) is 0.862. The van der Waals surface area contributed by atoms with E-state index in [0.717, 1.165) is 17.5 Å². The maximum atomic E-state index is 12.8. The summed E-state index contributed by atoms with van der Waals surface area (Å²) in [4.78, 5) is 12.0. The number of halogens is 1. The summed E-state index contributed by atoms with van der Waals surface area (Å²) in [5, 5.41) is 12.3. The van der Waals surface area contributed by atoms with Crippen molar-refractivity contribution in [3.8, 4) is 0 Å². The van der Waals surface area contributed by atoms with Gasteiger partial charge in [0.05, 0.1) is 19.1 Å². The summed E-state index contributed by atoms with van der Waals surface area (Å²) in [6, 6.07) is 13.2.